The van der Waals surface area contributed by atoms with Gasteiger partial charge in [0, 0.05) is 22.5 Å². The van der Waals surface area contributed by atoms with Gasteiger partial charge in [0.05, 0.1) is 10.8 Å². The van der Waals surface area contributed by atoms with Crippen LogP contribution in [0.1, 0.15) is 77.9 Å². The monoisotopic (exact) mass is 1070 g/mol. The number of hydrogen-bond donors (Lipinski definition) is 0. The van der Waals surface area contributed by atoms with Crippen molar-refractivity contribution < 1.29 is 0 Å². The third-order valence-electron chi connectivity index (χ3n) is 19.9. The quantitative estimate of drug-likeness (QED) is 0.150. The smallest absolute Gasteiger partial charge is 0.0720 e. The molecule has 84 heavy (non-hydrogen) atoms. The molecular formula is C83H55N. The van der Waals surface area contributed by atoms with E-state index >= 15 is 0 Å². The Kier molecular flexibility index (Phi) is 10.0. The summed E-state index contributed by atoms with van der Waals surface area (Å²) in [7, 11) is 0. The van der Waals surface area contributed by atoms with E-state index in [0.717, 1.165) is 24.2 Å². The number of nitrogens with zero attached hydrogens (tertiary/aromatic N) is 1. The molecule has 0 N–H and O–H groups in total. The summed E-state index contributed by atoms with van der Waals surface area (Å²) in [5, 5.41) is 2.45. The Morgan fingerprint density at radius 2 is 0.643 bits per heavy atom. The van der Waals surface area contributed by atoms with Crippen molar-refractivity contribution in [1.29, 1.82) is 0 Å². The molecule has 0 amide bonds. The van der Waals surface area contributed by atoms with E-state index in [0.29, 0.717) is 0 Å². The highest BCUT2D eigenvalue weighted by Crippen LogP contribution is 2.68. The predicted octanol–water partition coefficient (Wildman–Crippen LogP) is 20.3. The first-order chi connectivity index (χ1) is 41.6. The summed E-state index contributed by atoms with van der Waals surface area (Å²) in [5.41, 5.74) is 31.6. The first kappa shape index (κ1) is 47.3. The van der Waals surface area contributed by atoms with Crippen molar-refractivity contribution >= 4 is 40.0 Å². The fourth-order valence-corrected chi connectivity index (χ4v) is 16.5. The van der Waals surface area contributed by atoms with Crippen LogP contribution in [-0.4, -0.2) is 0 Å². The summed E-state index contributed by atoms with van der Waals surface area (Å²) in [6.45, 7) is 0. The molecule has 1 heteroatoms. The van der Waals surface area contributed by atoms with Gasteiger partial charge in [-0.15, -0.1) is 0 Å². The Balaban J connectivity index is 0.728. The van der Waals surface area contributed by atoms with Gasteiger partial charge in [0.1, 0.15) is 0 Å². The zero-order valence-corrected chi connectivity index (χ0v) is 46.3. The predicted molar refractivity (Wildman–Crippen MR) is 348 cm³/mol. The second kappa shape index (κ2) is 17.8. The molecule has 13 aromatic rings. The van der Waals surface area contributed by atoms with Gasteiger partial charge in [0.15, 0.2) is 0 Å². The summed E-state index contributed by atoms with van der Waals surface area (Å²) in [4.78, 5) is 2.40. The SMILES string of the molecule is C(=C\c1ccc2cc(-c3ccc4c(c3)C3(c5ccccc5-c5ccccc53)c3ccccc3C43c4ccccc4-c4ccccc43)ccc2c1)/c1ccc2c(c1)C1(Cc3ccccc3C1)c1cc(N(c3ccccc3)c3ccccc3)ccc1-2. The van der Waals surface area contributed by atoms with E-state index in [1.165, 1.54) is 139 Å². The fourth-order valence-electron chi connectivity index (χ4n) is 16.5. The first-order valence-corrected chi connectivity index (χ1v) is 29.7. The highest BCUT2D eigenvalue weighted by Gasteiger charge is 2.59. The summed E-state index contributed by atoms with van der Waals surface area (Å²) >= 11 is 0. The van der Waals surface area contributed by atoms with E-state index in [1.807, 2.05) is 0 Å². The van der Waals surface area contributed by atoms with E-state index in [1.54, 1.807) is 0 Å². The van der Waals surface area contributed by atoms with Crippen molar-refractivity contribution in [2.75, 3.05) is 4.90 Å². The van der Waals surface area contributed by atoms with Gasteiger partial charge in [-0.3, -0.25) is 0 Å². The Bertz CT molecular complexity index is 4770. The molecule has 0 radical (unpaired) electrons. The molecule has 0 saturated carbocycles. The van der Waals surface area contributed by atoms with Crippen LogP contribution < -0.4 is 4.90 Å². The van der Waals surface area contributed by atoms with Crippen LogP contribution in [0.25, 0.3) is 67.4 Å². The second-order valence-corrected chi connectivity index (χ2v) is 23.9. The Morgan fingerprint density at radius 1 is 0.250 bits per heavy atom. The maximum Gasteiger partial charge on any atom is 0.0720 e. The molecular weight excluding hydrogens is 1010 g/mol. The van der Waals surface area contributed by atoms with E-state index in [2.05, 4.69) is 314 Å². The van der Waals surface area contributed by atoms with Crippen molar-refractivity contribution in [2.24, 2.45) is 0 Å². The van der Waals surface area contributed by atoms with Gasteiger partial charge < -0.3 is 4.90 Å². The molecule has 5 aliphatic rings. The van der Waals surface area contributed by atoms with Crippen molar-refractivity contribution in [3.05, 3.63) is 375 Å². The number of hydrogen-bond acceptors (Lipinski definition) is 1. The standard InChI is InChI=1S/C83H55N/c1-3-21-62(22-4-1)84(63-23-5-2-6-24-63)64-43-45-70-69-44-38-55(48-78(69)81(79(70)51-64)52-60-19-7-8-20-61(60)53-81)36-35-54-37-39-57-49-58(41-40-56(57)47-54)59-42-46-77-80(50-59)83(73-31-15-11-27-67(73)68-28-12-16-32-74(68)83)76-34-18-17-33-75(76)82(77)71-29-13-9-25-65(71)66-26-10-14-30-72(66)82/h1-51H,52-53H2/b36-35+. The molecule has 0 aliphatic heterocycles. The summed E-state index contributed by atoms with van der Waals surface area (Å²) in [5.74, 6) is 0. The highest BCUT2D eigenvalue weighted by molar-refractivity contribution is 5.96. The third-order valence-corrected chi connectivity index (χ3v) is 19.9. The van der Waals surface area contributed by atoms with Crippen molar-refractivity contribution in [3.8, 4) is 44.5 Å². The van der Waals surface area contributed by atoms with E-state index in [9.17, 15) is 0 Å². The molecule has 0 saturated heterocycles. The minimum atomic E-state index is -0.535. The van der Waals surface area contributed by atoms with Gasteiger partial charge in [0.2, 0.25) is 0 Å². The van der Waals surface area contributed by atoms with Crippen LogP contribution in [0.5, 0.6) is 0 Å². The average molecular weight is 1070 g/mol. The molecule has 13 aromatic carbocycles. The van der Waals surface area contributed by atoms with Gasteiger partial charge in [-0.1, -0.05) is 255 Å². The summed E-state index contributed by atoms with van der Waals surface area (Å²) in [6.07, 6.45) is 6.58. The minimum absolute atomic E-state index is 0.169. The molecule has 18 rings (SSSR count). The second-order valence-electron chi connectivity index (χ2n) is 23.9. The molecule has 0 heterocycles. The van der Waals surface area contributed by atoms with Crippen molar-refractivity contribution in [2.45, 2.75) is 29.1 Å². The average Bonchev–Trinajstić information content (AvgIpc) is 1.40. The Labute approximate surface area is 490 Å². The van der Waals surface area contributed by atoms with Crippen molar-refractivity contribution in [3.63, 3.8) is 0 Å². The van der Waals surface area contributed by atoms with Crippen LogP contribution in [0, 0.1) is 0 Å². The van der Waals surface area contributed by atoms with Crippen molar-refractivity contribution in [1.82, 2.24) is 0 Å². The summed E-state index contributed by atoms with van der Waals surface area (Å²) in [6, 6.07) is 113. The van der Waals surface area contributed by atoms with Crippen LogP contribution in [0.4, 0.5) is 17.1 Å². The van der Waals surface area contributed by atoms with E-state index in [4.69, 9.17) is 0 Å². The fraction of sp³-hybridized carbons (Fsp3) is 0.0602. The van der Waals surface area contributed by atoms with Gasteiger partial charge in [-0.05, 0) is 201 Å². The molecule has 0 bridgehead atoms. The van der Waals surface area contributed by atoms with Crippen LogP contribution >= 0.6 is 0 Å². The van der Waals surface area contributed by atoms with Crippen LogP contribution in [0.15, 0.2) is 297 Å². The topological polar surface area (TPSA) is 3.24 Å². The minimum Gasteiger partial charge on any atom is -0.310 e. The Morgan fingerprint density at radius 3 is 1.21 bits per heavy atom. The Hall–Kier alpha value is -10.3. The maximum absolute atomic E-state index is 2.57. The zero-order chi connectivity index (χ0) is 55.1. The molecule has 0 fully saturated rings. The molecule has 5 aliphatic carbocycles. The van der Waals surface area contributed by atoms with Gasteiger partial charge >= 0.3 is 0 Å². The lowest BCUT2D eigenvalue weighted by molar-refractivity contribution is 0.563. The van der Waals surface area contributed by atoms with Gasteiger partial charge in [-0.2, -0.15) is 0 Å². The number of benzene rings is 13. The maximum atomic E-state index is 2.57. The first-order valence-electron chi connectivity index (χ1n) is 29.7. The number of fused-ring (bicyclic) bond motifs is 23. The van der Waals surface area contributed by atoms with Crippen LogP contribution in [-0.2, 0) is 29.1 Å². The largest absolute Gasteiger partial charge is 0.310 e. The third kappa shape index (κ3) is 6.44. The molecule has 0 aromatic heterocycles. The van der Waals surface area contributed by atoms with E-state index < -0.39 is 10.8 Å². The highest BCUT2D eigenvalue weighted by atomic mass is 15.1. The zero-order valence-electron chi connectivity index (χ0n) is 46.3. The normalized spacial score (nSPS) is 15.0. The lowest BCUT2D eigenvalue weighted by atomic mass is 9.52. The molecule has 0 atom stereocenters. The number of anilines is 3. The number of rotatable bonds is 6. The lowest BCUT2D eigenvalue weighted by Crippen LogP contribution is -2.43. The molecule has 3 spiro atoms. The summed E-state index contributed by atoms with van der Waals surface area (Å²) < 4.78 is 0. The van der Waals surface area contributed by atoms with Gasteiger partial charge in [0.25, 0.3) is 0 Å². The number of para-hydroxylation sites is 2. The molecule has 1 nitrogen and oxygen atoms in total. The van der Waals surface area contributed by atoms with Gasteiger partial charge in [-0.25, -0.2) is 0 Å². The lowest BCUT2D eigenvalue weighted by Gasteiger charge is -2.49. The molecule has 392 valence electrons. The molecule has 0 unspecified atom stereocenters. The van der Waals surface area contributed by atoms with E-state index in [-0.39, 0.29) is 5.41 Å². The van der Waals surface area contributed by atoms with Crippen LogP contribution in [0.3, 0.4) is 0 Å². The van der Waals surface area contributed by atoms with Crippen LogP contribution in [0.2, 0.25) is 0 Å².